The largest absolute Gasteiger partial charge is 0.487 e. The summed E-state index contributed by atoms with van der Waals surface area (Å²) in [5.74, 6) is 0.539. The Labute approximate surface area is 191 Å². The van der Waals surface area contributed by atoms with Gasteiger partial charge in [-0.2, -0.15) is 5.10 Å². The number of hydrogen-bond acceptors (Lipinski definition) is 5. The number of carbonyl (C=O) groups excluding carboxylic acids is 1. The first-order chi connectivity index (χ1) is 14.0. The zero-order valence-corrected chi connectivity index (χ0v) is 19.5. The summed E-state index contributed by atoms with van der Waals surface area (Å²) in [6, 6.07) is 11.3. The molecule has 1 aliphatic rings. The molecule has 2 aromatic rings. The molecule has 9 heteroatoms. The summed E-state index contributed by atoms with van der Waals surface area (Å²) in [6.07, 6.45) is 1.59. The summed E-state index contributed by atoms with van der Waals surface area (Å²) in [4.78, 5) is 14.0. The number of ether oxygens (including phenoxy) is 2. The lowest BCUT2D eigenvalue weighted by Crippen LogP contribution is -2.42. The molecule has 154 valence electrons. The first-order valence-corrected chi connectivity index (χ1v) is 11.0. The third-order valence-corrected chi connectivity index (χ3v) is 5.62. The smallest absolute Gasteiger partial charge is 0.254 e. The van der Waals surface area contributed by atoms with E-state index in [0.717, 1.165) is 33.2 Å². The van der Waals surface area contributed by atoms with E-state index in [-0.39, 0.29) is 5.91 Å². The van der Waals surface area contributed by atoms with Crippen molar-refractivity contribution in [3.05, 3.63) is 61.5 Å². The molecule has 0 aromatic heterocycles. The second-order valence-electron chi connectivity index (χ2n) is 6.41. The lowest BCUT2D eigenvalue weighted by molar-refractivity contribution is -0.123. The first-order valence-electron chi connectivity index (χ1n) is 8.99. The highest BCUT2D eigenvalue weighted by molar-refractivity contribution is 9.11. The molecule has 1 heterocycles. The molecule has 0 bridgehead atoms. The summed E-state index contributed by atoms with van der Waals surface area (Å²) in [5, 5.41) is 4.73. The van der Waals surface area contributed by atoms with Crippen molar-refractivity contribution in [2.75, 3.05) is 32.8 Å². The second-order valence-corrected chi connectivity index (χ2v) is 8.56. The molecule has 0 saturated carbocycles. The van der Waals surface area contributed by atoms with Crippen LogP contribution >= 0.6 is 43.5 Å². The van der Waals surface area contributed by atoms with Crippen LogP contribution in [0.2, 0.25) is 5.02 Å². The van der Waals surface area contributed by atoms with Crippen molar-refractivity contribution in [2.45, 2.75) is 6.61 Å². The van der Waals surface area contributed by atoms with Gasteiger partial charge in [0.25, 0.3) is 5.91 Å². The molecule has 6 nitrogen and oxygen atoms in total. The van der Waals surface area contributed by atoms with Crippen LogP contribution in [0, 0.1) is 0 Å². The van der Waals surface area contributed by atoms with Crippen LogP contribution in [0.15, 0.2) is 50.4 Å². The summed E-state index contributed by atoms with van der Waals surface area (Å²) < 4.78 is 12.7. The zero-order chi connectivity index (χ0) is 20.6. The topological polar surface area (TPSA) is 63.2 Å². The van der Waals surface area contributed by atoms with Crippen molar-refractivity contribution >= 4 is 55.6 Å². The van der Waals surface area contributed by atoms with Crippen LogP contribution in [0.5, 0.6) is 5.75 Å². The summed E-state index contributed by atoms with van der Waals surface area (Å²) in [7, 11) is 0. The van der Waals surface area contributed by atoms with Gasteiger partial charge in [-0.3, -0.25) is 9.69 Å². The molecule has 0 aliphatic carbocycles. The Balaban J connectivity index is 1.54. The van der Waals surface area contributed by atoms with E-state index in [1.165, 1.54) is 0 Å². The molecule has 0 radical (unpaired) electrons. The first kappa shape index (κ1) is 22.2. The van der Waals surface area contributed by atoms with E-state index < -0.39 is 0 Å². The Kier molecular flexibility index (Phi) is 8.50. The van der Waals surface area contributed by atoms with Gasteiger partial charge >= 0.3 is 0 Å². The minimum atomic E-state index is -0.149. The molecule has 0 spiro atoms. The van der Waals surface area contributed by atoms with Crippen molar-refractivity contribution in [2.24, 2.45) is 5.10 Å². The number of carbonyl (C=O) groups is 1. The van der Waals surface area contributed by atoms with E-state index in [0.29, 0.717) is 37.1 Å². The van der Waals surface area contributed by atoms with E-state index in [4.69, 9.17) is 21.1 Å². The molecule has 2 aromatic carbocycles. The fourth-order valence-electron chi connectivity index (χ4n) is 2.70. The number of hydrazone groups is 1. The number of nitrogens with one attached hydrogen (secondary N) is 1. The highest BCUT2D eigenvalue weighted by atomic mass is 79.9. The van der Waals surface area contributed by atoms with Crippen molar-refractivity contribution < 1.29 is 14.3 Å². The van der Waals surface area contributed by atoms with E-state index >= 15 is 0 Å². The Bertz CT molecular complexity index is 849. The van der Waals surface area contributed by atoms with Crippen LogP contribution in [0.4, 0.5) is 0 Å². The third-order valence-electron chi connectivity index (χ3n) is 4.19. The van der Waals surface area contributed by atoms with Crippen LogP contribution in [-0.2, 0) is 16.1 Å². The quantitative estimate of drug-likeness (QED) is 0.418. The number of halogens is 3. The molecule has 0 unspecified atom stereocenters. The maximum Gasteiger partial charge on any atom is 0.254 e. The molecule has 0 atom stereocenters. The van der Waals surface area contributed by atoms with E-state index in [1.807, 2.05) is 41.3 Å². The van der Waals surface area contributed by atoms with Crippen LogP contribution in [0.1, 0.15) is 11.1 Å². The second kappa shape index (κ2) is 11.1. The number of morpholine rings is 1. The molecule has 1 fully saturated rings. The van der Waals surface area contributed by atoms with Gasteiger partial charge in [-0.05, 0) is 67.3 Å². The van der Waals surface area contributed by atoms with Crippen molar-refractivity contribution in [3.8, 4) is 5.75 Å². The van der Waals surface area contributed by atoms with Crippen LogP contribution in [0.25, 0.3) is 0 Å². The van der Waals surface area contributed by atoms with Crippen LogP contribution in [0.3, 0.4) is 0 Å². The number of rotatable bonds is 7. The van der Waals surface area contributed by atoms with Crippen molar-refractivity contribution in [1.82, 2.24) is 10.3 Å². The minimum Gasteiger partial charge on any atom is -0.487 e. The Morgan fingerprint density at radius 1 is 1.21 bits per heavy atom. The van der Waals surface area contributed by atoms with Gasteiger partial charge in [0, 0.05) is 18.1 Å². The summed E-state index contributed by atoms with van der Waals surface area (Å²) in [5.41, 5.74) is 4.39. The molecule has 1 amide bonds. The fraction of sp³-hybridized carbons (Fsp3) is 0.300. The normalized spacial score (nSPS) is 14.9. The predicted octanol–water partition coefficient (Wildman–Crippen LogP) is 4.23. The standard InChI is InChI=1S/C20H20Br2ClN3O3/c21-17-9-15(11-24-25-19(27)12-26-5-7-28-8-6-26)10-18(22)20(17)29-13-14-1-3-16(23)4-2-14/h1-4,9-11H,5-8,12-13H2,(H,25,27)/b24-11+. The van der Waals surface area contributed by atoms with Crippen molar-refractivity contribution in [3.63, 3.8) is 0 Å². The molecular formula is C20H20Br2ClN3O3. The van der Waals surface area contributed by atoms with Gasteiger partial charge in [-0.25, -0.2) is 5.43 Å². The lowest BCUT2D eigenvalue weighted by atomic mass is 10.2. The predicted molar refractivity (Wildman–Crippen MR) is 121 cm³/mol. The molecule has 1 saturated heterocycles. The maximum absolute atomic E-state index is 12.0. The molecule has 3 rings (SSSR count). The maximum atomic E-state index is 12.0. The molecule has 1 N–H and O–H groups in total. The Morgan fingerprint density at radius 3 is 2.52 bits per heavy atom. The van der Waals surface area contributed by atoms with Gasteiger partial charge in [0.2, 0.25) is 0 Å². The van der Waals surface area contributed by atoms with E-state index in [1.54, 1.807) is 6.21 Å². The molecular weight excluding hydrogens is 525 g/mol. The van der Waals surface area contributed by atoms with Gasteiger partial charge in [0.05, 0.1) is 34.9 Å². The monoisotopic (exact) mass is 543 g/mol. The Hall–Kier alpha value is -1.45. The van der Waals surface area contributed by atoms with Gasteiger partial charge < -0.3 is 9.47 Å². The van der Waals surface area contributed by atoms with E-state index in [9.17, 15) is 4.79 Å². The number of amides is 1. The average molecular weight is 546 g/mol. The van der Waals surface area contributed by atoms with E-state index in [2.05, 4.69) is 42.4 Å². The third kappa shape index (κ3) is 7.08. The van der Waals surface area contributed by atoms with Crippen LogP contribution < -0.4 is 10.2 Å². The number of nitrogens with zero attached hydrogens (tertiary/aromatic N) is 2. The summed E-state index contributed by atoms with van der Waals surface area (Å²) in [6.45, 7) is 3.56. The minimum absolute atomic E-state index is 0.149. The van der Waals surface area contributed by atoms with Gasteiger partial charge in [-0.1, -0.05) is 23.7 Å². The van der Waals surface area contributed by atoms with Crippen LogP contribution in [-0.4, -0.2) is 49.9 Å². The number of benzene rings is 2. The highest BCUT2D eigenvalue weighted by Crippen LogP contribution is 2.35. The zero-order valence-electron chi connectivity index (χ0n) is 15.5. The van der Waals surface area contributed by atoms with Gasteiger partial charge in [0.1, 0.15) is 12.4 Å². The van der Waals surface area contributed by atoms with Gasteiger partial charge in [0.15, 0.2) is 0 Å². The Morgan fingerprint density at radius 2 is 1.86 bits per heavy atom. The lowest BCUT2D eigenvalue weighted by Gasteiger charge is -2.25. The fourth-order valence-corrected chi connectivity index (χ4v) is 4.28. The van der Waals surface area contributed by atoms with Crippen molar-refractivity contribution in [1.29, 1.82) is 0 Å². The van der Waals surface area contributed by atoms with Gasteiger partial charge in [-0.15, -0.1) is 0 Å². The summed E-state index contributed by atoms with van der Waals surface area (Å²) >= 11 is 13.0. The molecule has 29 heavy (non-hydrogen) atoms. The molecule has 1 aliphatic heterocycles. The highest BCUT2D eigenvalue weighted by Gasteiger charge is 2.13. The SMILES string of the molecule is O=C(CN1CCOCC1)N/N=C/c1cc(Br)c(OCc2ccc(Cl)cc2)c(Br)c1. The number of hydrogen-bond donors (Lipinski definition) is 1. The average Bonchev–Trinajstić information content (AvgIpc) is 2.69.